The SMILES string of the molecule is CCCN(CC(=O)NC)C(=O)CN. The Hall–Kier alpha value is -1.10. The van der Waals surface area contributed by atoms with E-state index in [2.05, 4.69) is 5.32 Å². The van der Waals surface area contributed by atoms with E-state index in [1.54, 1.807) is 7.05 Å². The first-order valence-electron chi connectivity index (χ1n) is 4.34. The van der Waals surface area contributed by atoms with Crippen molar-refractivity contribution in [3.63, 3.8) is 0 Å². The standard InChI is InChI=1S/C8H17N3O2/c1-3-4-11(8(13)5-9)6-7(12)10-2/h3-6,9H2,1-2H3,(H,10,12). The van der Waals surface area contributed by atoms with Crippen molar-refractivity contribution in [2.45, 2.75) is 13.3 Å². The molecule has 0 spiro atoms. The van der Waals surface area contributed by atoms with E-state index in [-0.39, 0.29) is 24.9 Å². The smallest absolute Gasteiger partial charge is 0.239 e. The lowest BCUT2D eigenvalue weighted by Crippen LogP contribution is -2.42. The Balaban J connectivity index is 4.08. The van der Waals surface area contributed by atoms with Crippen LogP contribution in [0.1, 0.15) is 13.3 Å². The first-order valence-corrected chi connectivity index (χ1v) is 4.34. The first-order chi connectivity index (χ1) is 6.15. The van der Waals surface area contributed by atoms with Crippen molar-refractivity contribution in [2.75, 3.05) is 26.7 Å². The van der Waals surface area contributed by atoms with E-state index in [1.807, 2.05) is 6.92 Å². The molecule has 0 aromatic rings. The minimum atomic E-state index is -0.189. The van der Waals surface area contributed by atoms with E-state index in [0.717, 1.165) is 6.42 Å². The summed E-state index contributed by atoms with van der Waals surface area (Å²) in [7, 11) is 1.54. The third-order valence-electron chi connectivity index (χ3n) is 1.63. The fourth-order valence-corrected chi connectivity index (χ4v) is 0.943. The highest BCUT2D eigenvalue weighted by molar-refractivity contribution is 5.85. The predicted octanol–water partition coefficient (Wildman–Crippen LogP) is -1.07. The average molecular weight is 187 g/mol. The molecule has 0 unspecified atom stereocenters. The quantitative estimate of drug-likeness (QED) is 0.575. The topological polar surface area (TPSA) is 75.4 Å². The van der Waals surface area contributed by atoms with Gasteiger partial charge in [0.1, 0.15) is 0 Å². The summed E-state index contributed by atoms with van der Waals surface area (Å²) in [5, 5.41) is 2.46. The molecule has 0 aliphatic carbocycles. The number of amides is 2. The number of likely N-dealkylation sites (N-methyl/N-ethyl adjacent to an activating group) is 1. The highest BCUT2D eigenvalue weighted by Crippen LogP contribution is 1.91. The molecule has 0 radical (unpaired) electrons. The Kier molecular flexibility index (Phi) is 5.88. The highest BCUT2D eigenvalue weighted by Gasteiger charge is 2.13. The maximum atomic E-state index is 11.2. The third-order valence-corrected chi connectivity index (χ3v) is 1.63. The summed E-state index contributed by atoms with van der Waals surface area (Å²) in [4.78, 5) is 23.6. The van der Waals surface area contributed by atoms with Gasteiger partial charge in [0.25, 0.3) is 0 Å². The molecule has 2 amide bonds. The van der Waals surface area contributed by atoms with Gasteiger partial charge >= 0.3 is 0 Å². The molecule has 0 aliphatic heterocycles. The predicted molar refractivity (Wildman–Crippen MR) is 50.0 cm³/mol. The molecule has 0 bridgehead atoms. The van der Waals surface area contributed by atoms with Crippen molar-refractivity contribution >= 4 is 11.8 Å². The number of rotatable bonds is 5. The minimum Gasteiger partial charge on any atom is -0.358 e. The highest BCUT2D eigenvalue weighted by atomic mass is 16.2. The van der Waals surface area contributed by atoms with Gasteiger partial charge in [-0.1, -0.05) is 6.92 Å². The lowest BCUT2D eigenvalue weighted by molar-refractivity contribution is -0.134. The molecule has 0 aromatic heterocycles. The first kappa shape index (κ1) is 11.9. The number of hydrogen-bond donors (Lipinski definition) is 2. The van der Waals surface area contributed by atoms with Crippen molar-refractivity contribution in [1.29, 1.82) is 0 Å². The lowest BCUT2D eigenvalue weighted by atomic mass is 10.3. The largest absolute Gasteiger partial charge is 0.358 e. The lowest BCUT2D eigenvalue weighted by Gasteiger charge is -2.20. The van der Waals surface area contributed by atoms with Crippen molar-refractivity contribution in [3.8, 4) is 0 Å². The van der Waals surface area contributed by atoms with Crippen LogP contribution in [0.4, 0.5) is 0 Å². The normalized spacial score (nSPS) is 9.46. The van der Waals surface area contributed by atoms with Crippen LogP contribution in [-0.4, -0.2) is 43.4 Å². The fourth-order valence-electron chi connectivity index (χ4n) is 0.943. The molecule has 13 heavy (non-hydrogen) atoms. The number of carbonyl (C=O) groups is 2. The van der Waals surface area contributed by atoms with Crippen LogP contribution in [0.15, 0.2) is 0 Å². The number of hydrogen-bond acceptors (Lipinski definition) is 3. The van der Waals surface area contributed by atoms with E-state index < -0.39 is 0 Å². The van der Waals surface area contributed by atoms with Crippen molar-refractivity contribution in [2.24, 2.45) is 5.73 Å². The zero-order valence-electron chi connectivity index (χ0n) is 8.17. The monoisotopic (exact) mass is 187 g/mol. The molecule has 76 valence electrons. The van der Waals surface area contributed by atoms with Gasteiger partial charge in [0.05, 0.1) is 13.1 Å². The van der Waals surface area contributed by atoms with Crippen LogP contribution in [0.2, 0.25) is 0 Å². The molecular weight excluding hydrogens is 170 g/mol. The molecule has 0 aromatic carbocycles. The van der Waals surface area contributed by atoms with Crippen LogP contribution in [0.3, 0.4) is 0 Å². The van der Waals surface area contributed by atoms with E-state index >= 15 is 0 Å². The number of carbonyl (C=O) groups excluding carboxylic acids is 2. The van der Waals surface area contributed by atoms with Crippen LogP contribution in [0, 0.1) is 0 Å². The minimum absolute atomic E-state index is 0.0446. The van der Waals surface area contributed by atoms with E-state index in [0.29, 0.717) is 6.54 Å². The van der Waals surface area contributed by atoms with Crippen LogP contribution in [0.25, 0.3) is 0 Å². The van der Waals surface area contributed by atoms with E-state index in [9.17, 15) is 9.59 Å². The zero-order chi connectivity index (χ0) is 10.3. The van der Waals surface area contributed by atoms with Gasteiger partial charge in [-0.3, -0.25) is 9.59 Å². The van der Waals surface area contributed by atoms with Crippen molar-refractivity contribution < 1.29 is 9.59 Å². The number of nitrogens with one attached hydrogen (secondary N) is 1. The molecule has 0 rings (SSSR count). The maximum absolute atomic E-state index is 11.2. The second kappa shape index (κ2) is 6.42. The average Bonchev–Trinajstić information content (AvgIpc) is 2.15. The Labute approximate surface area is 78.3 Å². The molecule has 0 aliphatic rings. The van der Waals surface area contributed by atoms with Crippen molar-refractivity contribution in [3.05, 3.63) is 0 Å². The molecule has 0 heterocycles. The van der Waals surface area contributed by atoms with Gasteiger partial charge in [-0.2, -0.15) is 0 Å². The second-order valence-electron chi connectivity index (χ2n) is 2.69. The van der Waals surface area contributed by atoms with Gasteiger partial charge in [-0.15, -0.1) is 0 Å². The summed E-state index contributed by atoms with van der Waals surface area (Å²) in [6.45, 7) is 2.57. The van der Waals surface area contributed by atoms with Crippen LogP contribution in [-0.2, 0) is 9.59 Å². The van der Waals surface area contributed by atoms with Gasteiger partial charge in [-0.05, 0) is 6.42 Å². The van der Waals surface area contributed by atoms with Crippen LogP contribution in [0.5, 0.6) is 0 Å². The summed E-state index contributed by atoms with van der Waals surface area (Å²) >= 11 is 0. The van der Waals surface area contributed by atoms with Crippen molar-refractivity contribution in [1.82, 2.24) is 10.2 Å². The molecule has 5 nitrogen and oxygen atoms in total. The molecular formula is C8H17N3O2. The maximum Gasteiger partial charge on any atom is 0.239 e. The fraction of sp³-hybridized carbons (Fsp3) is 0.750. The summed E-state index contributed by atoms with van der Waals surface area (Å²) < 4.78 is 0. The Bertz CT molecular complexity index is 182. The third kappa shape index (κ3) is 4.47. The van der Waals surface area contributed by atoms with E-state index in [4.69, 9.17) is 5.73 Å². The zero-order valence-corrected chi connectivity index (χ0v) is 8.17. The number of nitrogens with zero attached hydrogens (tertiary/aromatic N) is 1. The van der Waals surface area contributed by atoms with E-state index in [1.165, 1.54) is 4.90 Å². The van der Waals surface area contributed by atoms with Crippen LogP contribution < -0.4 is 11.1 Å². The summed E-state index contributed by atoms with van der Waals surface area (Å²) in [5.74, 6) is -0.360. The molecule has 3 N–H and O–H groups in total. The molecule has 0 atom stereocenters. The molecule has 0 saturated heterocycles. The summed E-state index contributed by atoms with van der Waals surface area (Å²) in [6.07, 6.45) is 0.822. The van der Waals surface area contributed by atoms with Gasteiger partial charge in [-0.25, -0.2) is 0 Å². The Morgan fingerprint density at radius 1 is 1.46 bits per heavy atom. The number of nitrogens with two attached hydrogens (primary N) is 1. The van der Waals surface area contributed by atoms with Gasteiger partial charge in [0.15, 0.2) is 0 Å². The summed E-state index contributed by atoms with van der Waals surface area (Å²) in [6, 6.07) is 0. The second-order valence-corrected chi connectivity index (χ2v) is 2.69. The summed E-state index contributed by atoms with van der Waals surface area (Å²) in [5.41, 5.74) is 5.20. The molecule has 0 fully saturated rings. The molecule has 5 heteroatoms. The van der Waals surface area contributed by atoms with Gasteiger partial charge in [0.2, 0.25) is 11.8 Å². The molecule has 0 saturated carbocycles. The van der Waals surface area contributed by atoms with Crippen LogP contribution >= 0.6 is 0 Å². The Morgan fingerprint density at radius 3 is 2.46 bits per heavy atom. The Morgan fingerprint density at radius 2 is 2.08 bits per heavy atom. The van der Waals surface area contributed by atoms with Gasteiger partial charge in [0, 0.05) is 13.6 Å². The van der Waals surface area contributed by atoms with Gasteiger partial charge < -0.3 is 16.0 Å².